The number of pyridine rings is 1. The summed E-state index contributed by atoms with van der Waals surface area (Å²) in [5, 5.41) is 13.5. The van der Waals surface area contributed by atoms with Gasteiger partial charge >= 0.3 is 0 Å². The van der Waals surface area contributed by atoms with Crippen LogP contribution in [0.1, 0.15) is 23.2 Å². The zero-order valence-corrected chi connectivity index (χ0v) is 14.5. The number of piperidine rings is 1. The van der Waals surface area contributed by atoms with Crippen LogP contribution in [0.15, 0.2) is 42.6 Å². The van der Waals surface area contributed by atoms with E-state index in [4.69, 9.17) is 5.73 Å². The summed E-state index contributed by atoms with van der Waals surface area (Å²) in [6.07, 6.45) is 2.46. The van der Waals surface area contributed by atoms with E-state index in [0.717, 1.165) is 0 Å². The first kappa shape index (κ1) is 18.3. The number of nitro groups is 1. The first-order valence-electron chi connectivity index (χ1n) is 8.51. The second-order valence-electron chi connectivity index (χ2n) is 6.29. The number of aromatic nitrogens is 1. The van der Waals surface area contributed by atoms with Gasteiger partial charge in [-0.3, -0.25) is 19.7 Å². The number of anilines is 2. The molecule has 0 atom stereocenters. The molecule has 27 heavy (non-hydrogen) atoms. The highest BCUT2D eigenvalue weighted by Crippen LogP contribution is 2.25. The summed E-state index contributed by atoms with van der Waals surface area (Å²) in [7, 11) is 0. The standard InChI is InChI=1S/C18H19N5O4/c19-17(24)14-3-1-2-4-15(14)21-18(25)12-7-9-22(10-8-12)16-6-5-13(11-20-16)23(26)27/h1-6,11-12H,7-10H2,(H2,19,24)(H,21,25). The Morgan fingerprint density at radius 3 is 2.48 bits per heavy atom. The Hall–Kier alpha value is -3.49. The summed E-state index contributed by atoms with van der Waals surface area (Å²) in [6, 6.07) is 9.66. The Bertz CT molecular complexity index is 860. The molecule has 0 spiro atoms. The molecule has 3 N–H and O–H groups in total. The third-order valence-corrected chi connectivity index (χ3v) is 4.58. The van der Waals surface area contributed by atoms with Gasteiger partial charge in [0, 0.05) is 25.1 Å². The molecule has 1 aromatic heterocycles. The van der Waals surface area contributed by atoms with Crippen LogP contribution in [0.2, 0.25) is 0 Å². The van der Waals surface area contributed by atoms with Crippen molar-refractivity contribution in [2.75, 3.05) is 23.3 Å². The summed E-state index contributed by atoms with van der Waals surface area (Å²) in [5.74, 6) is -0.288. The highest BCUT2D eigenvalue weighted by molar-refractivity contribution is 6.03. The summed E-state index contributed by atoms with van der Waals surface area (Å²) in [4.78, 5) is 40.3. The fourth-order valence-corrected chi connectivity index (χ4v) is 3.09. The van der Waals surface area contributed by atoms with Crippen LogP contribution in [0.4, 0.5) is 17.2 Å². The number of hydrogen-bond acceptors (Lipinski definition) is 6. The molecule has 9 heteroatoms. The van der Waals surface area contributed by atoms with Crippen molar-refractivity contribution in [2.24, 2.45) is 11.7 Å². The molecule has 0 bridgehead atoms. The number of rotatable bonds is 5. The average molecular weight is 369 g/mol. The van der Waals surface area contributed by atoms with E-state index >= 15 is 0 Å². The van der Waals surface area contributed by atoms with E-state index in [0.29, 0.717) is 37.4 Å². The lowest BCUT2D eigenvalue weighted by Gasteiger charge is -2.32. The van der Waals surface area contributed by atoms with E-state index in [9.17, 15) is 19.7 Å². The second kappa shape index (κ2) is 7.81. The average Bonchev–Trinajstić information content (AvgIpc) is 2.68. The number of nitrogens with two attached hydrogens (primary N) is 1. The molecule has 1 aliphatic heterocycles. The molecule has 0 radical (unpaired) electrons. The Balaban J connectivity index is 1.60. The zero-order valence-electron chi connectivity index (χ0n) is 14.5. The lowest BCUT2D eigenvalue weighted by molar-refractivity contribution is -0.385. The van der Waals surface area contributed by atoms with Gasteiger partial charge in [-0.2, -0.15) is 0 Å². The van der Waals surface area contributed by atoms with Crippen molar-refractivity contribution in [2.45, 2.75) is 12.8 Å². The lowest BCUT2D eigenvalue weighted by atomic mass is 9.95. The lowest BCUT2D eigenvalue weighted by Crippen LogP contribution is -2.38. The number of benzene rings is 1. The zero-order chi connectivity index (χ0) is 19.4. The minimum Gasteiger partial charge on any atom is -0.366 e. The van der Waals surface area contributed by atoms with Crippen molar-refractivity contribution >= 4 is 29.0 Å². The summed E-state index contributed by atoms with van der Waals surface area (Å²) in [6.45, 7) is 1.22. The van der Waals surface area contributed by atoms with Crippen molar-refractivity contribution < 1.29 is 14.5 Å². The Morgan fingerprint density at radius 1 is 1.19 bits per heavy atom. The molecule has 0 saturated carbocycles. The summed E-state index contributed by atoms with van der Waals surface area (Å²) in [5.41, 5.74) is 5.97. The largest absolute Gasteiger partial charge is 0.366 e. The third-order valence-electron chi connectivity index (χ3n) is 4.58. The van der Waals surface area contributed by atoms with Crippen LogP contribution < -0.4 is 16.0 Å². The molecule has 9 nitrogen and oxygen atoms in total. The maximum Gasteiger partial charge on any atom is 0.287 e. The molecule has 2 heterocycles. The van der Waals surface area contributed by atoms with E-state index < -0.39 is 10.8 Å². The van der Waals surface area contributed by atoms with Crippen LogP contribution in [0.25, 0.3) is 0 Å². The number of nitrogens with one attached hydrogen (secondary N) is 1. The van der Waals surface area contributed by atoms with Crippen molar-refractivity contribution in [3.05, 3.63) is 58.3 Å². The van der Waals surface area contributed by atoms with Crippen LogP contribution in [0, 0.1) is 16.0 Å². The molecule has 0 unspecified atom stereocenters. The quantitative estimate of drug-likeness (QED) is 0.611. The van der Waals surface area contributed by atoms with Crippen molar-refractivity contribution in [1.82, 2.24) is 4.98 Å². The molecule has 2 amide bonds. The predicted octanol–water partition coefficient (Wildman–Crippen LogP) is 1.94. The van der Waals surface area contributed by atoms with E-state index in [1.165, 1.54) is 12.3 Å². The van der Waals surface area contributed by atoms with Crippen LogP contribution in [0.3, 0.4) is 0 Å². The van der Waals surface area contributed by atoms with Gasteiger partial charge in [0.05, 0.1) is 16.2 Å². The maximum absolute atomic E-state index is 12.5. The summed E-state index contributed by atoms with van der Waals surface area (Å²) < 4.78 is 0. The highest BCUT2D eigenvalue weighted by atomic mass is 16.6. The second-order valence-corrected chi connectivity index (χ2v) is 6.29. The minimum absolute atomic E-state index is 0.0545. The Labute approximate surface area is 155 Å². The van der Waals surface area contributed by atoms with Crippen LogP contribution >= 0.6 is 0 Å². The normalized spacial score (nSPS) is 14.6. The number of carbonyl (C=O) groups excluding carboxylic acids is 2. The molecule has 1 fully saturated rings. The van der Waals surface area contributed by atoms with Gasteiger partial charge in [0.2, 0.25) is 5.91 Å². The molecule has 1 aliphatic rings. The van der Waals surface area contributed by atoms with Gasteiger partial charge in [0.15, 0.2) is 0 Å². The smallest absolute Gasteiger partial charge is 0.287 e. The van der Waals surface area contributed by atoms with Crippen LogP contribution in [-0.4, -0.2) is 34.8 Å². The van der Waals surface area contributed by atoms with E-state index in [1.807, 2.05) is 4.90 Å². The number of amides is 2. The first-order chi connectivity index (χ1) is 13.0. The topological polar surface area (TPSA) is 131 Å². The van der Waals surface area contributed by atoms with Gasteiger partial charge in [-0.25, -0.2) is 4.98 Å². The van der Waals surface area contributed by atoms with E-state index in [-0.39, 0.29) is 23.1 Å². The third kappa shape index (κ3) is 4.20. The number of primary amides is 1. The number of hydrogen-bond donors (Lipinski definition) is 2. The van der Waals surface area contributed by atoms with Gasteiger partial charge in [0.1, 0.15) is 12.0 Å². The maximum atomic E-state index is 12.5. The summed E-state index contributed by atoms with van der Waals surface area (Å²) >= 11 is 0. The minimum atomic E-state index is -0.593. The molecular weight excluding hydrogens is 350 g/mol. The molecule has 3 rings (SSSR count). The fraction of sp³-hybridized carbons (Fsp3) is 0.278. The monoisotopic (exact) mass is 369 g/mol. The molecule has 140 valence electrons. The van der Waals surface area contributed by atoms with Gasteiger partial charge in [-0.05, 0) is 31.0 Å². The number of para-hydroxylation sites is 1. The SMILES string of the molecule is NC(=O)c1ccccc1NC(=O)C1CCN(c2ccc([N+](=O)[O-])cn2)CC1. The Morgan fingerprint density at radius 2 is 1.89 bits per heavy atom. The molecule has 0 aliphatic carbocycles. The number of nitrogens with zero attached hydrogens (tertiary/aromatic N) is 3. The Kier molecular flexibility index (Phi) is 5.30. The molecule has 1 aromatic carbocycles. The van der Waals surface area contributed by atoms with Gasteiger partial charge < -0.3 is 16.0 Å². The van der Waals surface area contributed by atoms with E-state index in [2.05, 4.69) is 10.3 Å². The fourth-order valence-electron chi connectivity index (χ4n) is 3.09. The highest BCUT2D eigenvalue weighted by Gasteiger charge is 2.26. The molecule has 1 saturated heterocycles. The molecule has 2 aromatic rings. The van der Waals surface area contributed by atoms with Gasteiger partial charge in [0.25, 0.3) is 11.6 Å². The first-order valence-corrected chi connectivity index (χ1v) is 8.51. The van der Waals surface area contributed by atoms with Crippen molar-refractivity contribution in [3.63, 3.8) is 0 Å². The van der Waals surface area contributed by atoms with Gasteiger partial charge in [-0.1, -0.05) is 12.1 Å². The van der Waals surface area contributed by atoms with Crippen LogP contribution in [0.5, 0.6) is 0 Å². The van der Waals surface area contributed by atoms with E-state index in [1.54, 1.807) is 30.3 Å². The van der Waals surface area contributed by atoms with Crippen molar-refractivity contribution in [1.29, 1.82) is 0 Å². The number of carbonyl (C=O) groups is 2. The predicted molar refractivity (Wildman–Crippen MR) is 99.4 cm³/mol. The van der Waals surface area contributed by atoms with Crippen LogP contribution in [-0.2, 0) is 4.79 Å². The molecular formula is C18H19N5O4. The van der Waals surface area contributed by atoms with Crippen molar-refractivity contribution in [3.8, 4) is 0 Å². The van der Waals surface area contributed by atoms with Gasteiger partial charge in [-0.15, -0.1) is 0 Å².